The molecule has 1 aromatic heterocycles. The maximum absolute atomic E-state index is 5.35. The number of nitrogens with one attached hydrogen (secondary N) is 1. The molecular formula is C12H18N2O2. The van der Waals surface area contributed by atoms with Gasteiger partial charge in [0.1, 0.15) is 5.75 Å². The van der Waals surface area contributed by atoms with Crippen molar-refractivity contribution in [2.24, 2.45) is 0 Å². The van der Waals surface area contributed by atoms with Crippen molar-refractivity contribution in [3.63, 3.8) is 0 Å². The molecule has 0 amide bonds. The molecule has 0 aromatic carbocycles. The predicted octanol–water partition coefficient (Wildman–Crippen LogP) is 1.39. The fraction of sp³-hybridized carbons (Fsp3) is 0.583. The Bertz CT molecular complexity index is 327. The van der Waals surface area contributed by atoms with Gasteiger partial charge in [-0.15, -0.1) is 0 Å². The zero-order valence-electron chi connectivity index (χ0n) is 9.82. The third-order valence-corrected chi connectivity index (χ3v) is 3.00. The summed E-state index contributed by atoms with van der Waals surface area (Å²) in [5.41, 5.74) is 1.06. The van der Waals surface area contributed by atoms with Gasteiger partial charge in [-0.25, -0.2) is 4.98 Å². The van der Waals surface area contributed by atoms with Crippen LogP contribution in [-0.4, -0.2) is 31.8 Å². The molecule has 1 aromatic rings. The van der Waals surface area contributed by atoms with Crippen molar-refractivity contribution in [2.45, 2.75) is 25.3 Å². The lowest BCUT2D eigenvalue weighted by molar-refractivity contribution is 0.369. The lowest BCUT2D eigenvalue weighted by Crippen LogP contribution is -2.24. The van der Waals surface area contributed by atoms with Gasteiger partial charge < -0.3 is 14.8 Å². The zero-order chi connectivity index (χ0) is 11.4. The van der Waals surface area contributed by atoms with Crippen LogP contribution in [0.15, 0.2) is 12.3 Å². The molecule has 4 nitrogen and oxygen atoms in total. The quantitative estimate of drug-likeness (QED) is 0.836. The second-order valence-corrected chi connectivity index (χ2v) is 4.00. The lowest BCUT2D eigenvalue weighted by Gasteiger charge is -2.15. The highest BCUT2D eigenvalue weighted by atomic mass is 16.5. The van der Waals surface area contributed by atoms with Crippen molar-refractivity contribution < 1.29 is 9.47 Å². The van der Waals surface area contributed by atoms with Crippen LogP contribution in [0.25, 0.3) is 0 Å². The minimum Gasteiger partial charge on any atom is -0.496 e. The van der Waals surface area contributed by atoms with Gasteiger partial charge in [-0.3, -0.25) is 0 Å². The summed E-state index contributed by atoms with van der Waals surface area (Å²) >= 11 is 0. The minimum atomic E-state index is 0.520. The highest BCUT2D eigenvalue weighted by Crippen LogP contribution is 2.28. The number of pyridine rings is 1. The largest absolute Gasteiger partial charge is 0.496 e. The minimum absolute atomic E-state index is 0.520. The van der Waals surface area contributed by atoms with Crippen LogP contribution in [0.1, 0.15) is 18.4 Å². The van der Waals surface area contributed by atoms with Crippen LogP contribution >= 0.6 is 0 Å². The van der Waals surface area contributed by atoms with Crippen molar-refractivity contribution in [2.75, 3.05) is 20.8 Å². The van der Waals surface area contributed by atoms with E-state index in [0.29, 0.717) is 11.9 Å². The summed E-state index contributed by atoms with van der Waals surface area (Å²) < 4.78 is 10.6. The number of methoxy groups -OCH3 is 2. The third-order valence-electron chi connectivity index (χ3n) is 3.00. The number of nitrogens with zero attached hydrogens (tertiary/aromatic N) is 1. The molecule has 2 rings (SSSR count). The fourth-order valence-corrected chi connectivity index (χ4v) is 2.19. The second kappa shape index (κ2) is 5.16. The third kappa shape index (κ3) is 2.27. The normalized spacial score (nSPS) is 19.8. The fourth-order valence-electron chi connectivity index (χ4n) is 2.19. The molecule has 1 aliphatic heterocycles. The van der Waals surface area contributed by atoms with E-state index in [2.05, 4.69) is 10.3 Å². The van der Waals surface area contributed by atoms with Crippen LogP contribution in [0.3, 0.4) is 0 Å². The number of rotatable bonds is 4. The second-order valence-electron chi connectivity index (χ2n) is 4.00. The number of hydrogen-bond acceptors (Lipinski definition) is 4. The Morgan fingerprint density at radius 3 is 2.94 bits per heavy atom. The molecule has 0 aliphatic carbocycles. The van der Waals surface area contributed by atoms with Crippen molar-refractivity contribution >= 4 is 0 Å². The number of aromatic nitrogens is 1. The van der Waals surface area contributed by atoms with Crippen molar-refractivity contribution in [1.29, 1.82) is 0 Å². The van der Waals surface area contributed by atoms with Crippen LogP contribution in [0.5, 0.6) is 11.6 Å². The van der Waals surface area contributed by atoms with E-state index in [9.17, 15) is 0 Å². The maximum atomic E-state index is 5.35. The van der Waals surface area contributed by atoms with Crippen molar-refractivity contribution in [3.8, 4) is 11.6 Å². The highest BCUT2D eigenvalue weighted by molar-refractivity contribution is 5.40. The number of hydrogen-bond donors (Lipinski definition) is 1. The van der Waals surface area contributed by atoms with Gasteiger partial charge in [0.05, 0.1) is 19.8 Å². The Morgan fingerprint density at radius 2 is 2.31 bits per heavy atom. The molecule has 2 heterocycles. The van der Waals surface area contributed by atoms with Crippen LogP contribution in [0.4, 0.5) is 0 Å². The van der Waals surface area contributed by atoms with Gasteiger partial charge in [0.2, 0.25) is 5.88 Å². The summed E-state index contributed by atoms with van der Waals surface area (Å²) in [5.74, 6) is 1.54. The topological polar surface area (TPSA) is 43.4 Å². The summed E-state index contributed by atoms with van der Waals surface area (Å²) in [6, 6.07) is 2.40. The Hall–Kier alpha value is -1.29. The van der Waals surface area contributed by atoms with Gasteiger partial charge in [-0.2, -0.15) is 0 Å². The smallest absolute Gasteiger partial charge is 0.220 e. The lowest BCUT2D eigenvalue weighted by atomic mass is 10.1. The van der Waals surface area contributed by atoms with Gasteiger partial charge in [0, 0.05) is 12.2 Å². The van der Waals surface area contributed by atoms with Crippen LogP contribution in [-0.2, 0) is 6.42 Å². The summed E-state index contributed by atoms with van der Waals surface area (Å²) in [7, 11) is 3.33. The molecular weight excluding hydrogens is 204 g/mol. The molecule has 16 heavy (non-hydrogen) atoms. The predicted molar refractivity (Wildman–Crippen MR) is 62.1 cm³/mol. The van der Waals surface area contributed by atoms with Gasteiger partial charge in [0.25, 0.3) is 0 Å². The molecule has 4 heteroatoms. The van der Waals surface area contributed by atoms with Gasteiger partial charge in [-0.05, 0) is 31.9 Å². The molecule has 1 fully saturated rings. The average molecular weight is 222 g/mol. The Labute approximate surface area is 96.0 Å². The molecule has 0 saturated carbocycles. The molecule has 88 valence electrons. The molecule has 1 unspecified atom stereocenters. The van der Waals surface area contributed by atoms with Crippen molar-refractivity contribution in [1.82, 2.24) is 10.3 Å². The first-order valence-electron chi connectivity index (χ1n) is 5.64. The van der Waals surface area contributed by atoms with E-state index in [-0.39, 0.29) is 0 Å². The summed E-state index contributed by atoms with van der Waals surface area (Å²) in [5, 5.41) is 3.47. The molecule has 1 atom stereocenters. The molecule has 1 aliphatic rings. The zero-order valence-corrected chi connectivity index (χ0v) is 9.82. The Morgan fingerprint density at radius 1 is 1.44 bits per heavy atom. The van der Waals surface area contributed by atoms with E-state index in [0.717, 1.165) is 24.3 Å². The van der Waals surface area contributed by atoms with E-state index >= 15 is 0 Å². The summed E-state index contributed by atoms with van der Waals surface area (Å²) in [4.78, 5) is 4.22. The van der Waals surface area contributed by atoms with E-state index < -0.39 is 0 Å². The average Bonchev–Trinajstić information content (AvgIpc) is 2.82. The molecule has 1 N–H and O–H groups in total. The molecule has 0 spiro atoms. The van der Waals surface area contributed by atoms with Crippen LogP contribution in [0.2, 0.25) is 0 Å². The highest BCUT2D eigenvalue weighted by Gasteiger charge is 2.19. The molecule has 1 saturated heterocycles. The van der Waals surface area contributed by atoms with Gasteiger partial charge in [-0.1, -0.05) is 0 Å². The number of ether oxygens (including phenoxy) is 2. The molecule has 0 radical (unpaired) electrons. The Balaban J connectivity index is 2.21. The van der Waals surface area contributed by atoms with Crippen LogP contribution < -0.4 is 14.8 Å². The molecule has 0 bridgehead atoms. The van der Waals surface area contributed by atoms with E-state index in [1.165, 1.54) is 12.8 Å². The van der Waals surface area contributed by atoms with E-state index in [1.807, 2.05) is 6.07 Å². The van der Waals surface area contributed by atoms with Crippen molar-refractivity contribution in [3.05, 3.63) is 17.8 Å². The first-order chi connectivity index (χ1) is 7.85. The first-order valence-corrected chi connectivity index (χ1v) is 5.64. The SMILES string of the molecule is COc1ccnc(OC)c1CC1CCCN1. The first kappa shape index (κ1) is 11.2. The standard InChI is InChI=1S/C12H18N2O2/c1-15-11-5-7-14-12(16-2)10(11)8-9-4-3-6-13-9/h5,7,9,13H,3-4,6,8H2,1-2H3. The maximum Gasteiger partial charge on any atom is 0.220 e. The summed E-state index contributed by atoms with van der Waals surface area (Å²) in [6.45, 7) is 1.11. The van der Waals surface area contributed by atoms with Gasteiger partial charge in [0.15, 0.2) is 0 Å². The van der Waals surface area contributed by atoms with E-state index in [4.69, 9.17) is 9.47 Å². The Kier molecular flexibility index (Phi) is 3.62. The monoisotopic (exact) mass is 222 g/mol. The van der Waals surface area contributed by atoms with Crippen LogP contribution in [0, 0.1) is 0 Å². The summed E-state index contributed by atoms with van der Waals surface area (Å²) in [6.07, 6.45) is 5.08. The van der Waals surface area contributed by atoms with E-state index in [1.54, 1.807) is 20.4 Å². The van der Waals surface area contributed by atoms with Gasteiger partial charge >= 0.3 is 0 Å².